The molecule has 31 heavy (non-hydrogen) atoms. The minimum Gasteiger partial charge on any atom is -0.497 e. The van der Waals surface area contributed by atoms with Gasteiger partial charge in [0.15, 0.2) is 5.57 Å². The van der Waals surface area contributed by atoms with Crippen molar-refractivity contribution >= 4 is 17.6 Å². The molecule has 0 atom stereocenters. The van der Waals surface area contributed by atoms with Crippen molar-refractivity contribution in [1.29, 1.82) is 0 Å². The Bertz CT molecular complexity index is 885. The summed E-state index contributed by atoms with van der Waals surface area (Å²) in [6.07, 6.45) is 2.92. The first-order chi connectivity index (χ1) is 15.0. The van der Waals surface area contributed by atoms with Crippen LogP contribution in [0.25, 0.3) is 0 Å². The summed E-state index contributed by atoms with van der Waals surface area (Å²) in [5, 5.41) is 2.96. The second-order valence-corrected chi connectivity index (χ2v) is 6.52. The summed E-state index contributed by atoms with van der Waals surface area (Å²) in [7, 11) is 3.29. The standard InChI is InChI=1S/C24H29NO6/c1-5-30-23(26)21(24(27)31-6-2)16-25-19-11-8-17(9-12-19)7-10-18-15-20(28-3)13-14-22(18)29-4/h8-9,11-16,25H,5-7,10H2,1-4H3. The molecule has 0 saturated heterocycles. The average molecular weight is 427 g/mol. The molecular weight excluding hydrogens is 398 g/mol. The summed E-state index contributed by atoms with van der Waals surface area (Å²) < 4.78 is 20.6. The number of carbonyl (C=O) groups excluding carboxylic acids is 2. The zero-order chi connectivity index (χ0) is 22.6. The van der Waals surface area contributed by atoms with Crippen LogP contribution in [0.15, 0.2) is 54.2 Å². The van der Waals surface area contributed by atoms with Crippen LogP contribution in [0.1, 0.15) is 25.0 Å². The summed E-state index contributed by atoms with van der Waals surface area (Å²) in [5.74, 6) is 0.172. The minimum absolute atomic E-state index is 0.169. The van der Waals surface area contributed by atoms with Crippen LogP contribution >= 0.6 is 0 Å². The first-order valence-corrected chi connectivity index (χ1v) is 10.1. The van der Waals surface area contributed by atoms with Gasteiger partial charge in [0, 0.05) is 11.9 Å². The van der Waals surface area contributed by atoms with Gasteiger partial charge in [-0.15, -0.1) is 0 Å². The summed E-state index contributed by atoms with van der Waals surface area (Å²) in [6, 6.07) is 13.5. The van der Waals surface area contributed by atoms with E-state index in [2.05, 4.69) is 5.32 Å². The van der Waals surface area contributed by atoms with Crippen molar-refractivity contribution in [2.75, 3.05) is 32.8 Å². The molecule has 7 nitrogen and oxygen atoms in total. The molecule has 2 aromatic rings. The molecule has 0 heterocycles. The topological polar surface area (TPSA) is 83.1 Å². The van der Waals surface area contributed by atoms with Gasteiger partial charge >= 0.3 is 11.9 Å². The Morgan fingerprint density at radius 1 is 0.871 bits per heavy atom. The predicted octanol–water partition coefficient (Wildman–Crippen LogP) is 3.91. The van der Waals surface area contributed by atoms with Crippen molar-refractivity contribution in [1.82, 2.24) is 0 Å². The molecule has 2 aromatic carbocycles. The molecule has 0 aromatic heterocycles. The van der Waals surface area contributed by atoms with Crippen molar-refractivity contribution in [3.05, 3.63) is 65.4 Å². The number of hydrogen-bond acceptors (Lipinski definition) is 7. The fourth-order valence-electron chi connectivity index (χ4n) is 2.90. The lowest BCUT2D eigenvalue weighted by atomic mass is 10.0. The number of aryl methyl sites for hydroxylation is 2. The van der Waals surface area contributed by atoms with Gasteiger partial charge in [-0.2, -0.15) is 0 Å². The zero-order valence-electron chi connectivity index (χ0n) is 18.4. The average Bonchev–Trinajstić information content (AvgIpc) is 2.78. The Morgan fingerprint density at radius 2 is 1.52 bits per heavy atom. The van der Waals surface area contributed by atoms with E-state index in [4.69, 9.17) is 18.9 Å². The van der Waals surface area contributed by atoms with E-state index in [1.165, 1.54) is 6.20 Å². The molecule has 0 aliphatic carbocycles. The SMILES string of the molecule is CCOC(=O)C(=CNc1ccc(CCc2cc(OC)ccc2OC)cc1)C(=O)OCC. The summed E-state index contributed by atoms with van der Waals surface area (Å²) in [6.45, 7) is 3.69. The first kappa shape index (κ1) is 23.8. The van der Waals surface area contributed by atoms with Crippen LogP contribution in [-0.2, 0) is 31.9 Å². The fourth-order valence-corrected chi connectivity index (χ4v) is 2.90. The second-order valence-electron chi connectivity index (χ2n) is 6.52. The number of rotatable bonds is 11. The molecule has 0 aliphatic heterocycles. The first-order valence-electron chi connectivity index (χ1n) is 10.1. The smallest absolute Gasteiger partial charge is 0.347 e. The molecule has 0 aliphatic rings. The highest BCUT2D eigenvalue weighted by molar-refractivity contribution is 6.14. The number of ether oxygens (including phenoxy) is 4. The molecule has 0 fully saturated rings. The lowest BCUT2D eigenvalue weighted by molar-refractivity contribution is -0.146. The molecule has 0 unspecified atom stereocenters. The number of hydrogen-bond donors (Lipinski definition) is 1. The predicted molar refractivity (Wildman–Crippen MR) is 118 cm³/mol. The Morgan fingerprint density at radius 3 is 2.06 bits per heavy atom. The zero-order valence-corrected chi connectivity index (χ0v) is 18.4. The summed E-state index contributed by atoms with van der Waals surface area (Å²) in [4.78, 5) is 24.0. The minimum atomic E-state index is -0.725. The van der Waals surface area contributed by atoms with Crippen molar-refractivity contribution < 1.29 is 28.5 Å². The van der Waals surface area contributed by atoms with Crippen molar-refractivity contribution in [3.8, 4) is 11.5 Å². The maximum Gasteiger partial charge on any atom is 0.347 e. The lowest BCUT2D eigenvalue weighted by Gasteiger charge is -2.11. The Balaban J connectivity index is 2.05. The van der Waals surface area contributed by atoms with Crippen LogP contribution in [0.3, 0.4) is 0 Å². The van der Waals surface area contributed by atoms with Gasteiger partial charge in [-0.25, -0.2) is 9.59 Å². The maximum absolute atomic E-state index is 12.0. The van der Waals surface area contributed by atoms with Crippen LogP contribution in [0.5, 0.6) is 11.5 Å². The van der Waals surface area contributed by atoms with E-state index >= 15 is 0 Å². The van der Waals surface area contributed by atoms with Crippen LogP contribution in [0, 0.1) is 0 Å². The quantitative estimate of drug-likeness (QED) is 0.252. The van der Waals surface area contributed by atoms with E-state index in [1.807, 2.05) is 42.5 Å². The number of anilines is 1. The second kappa shape index (κ2) is 12.3. The van der Waals surface area contributed by atoms with Crippen LogP contribution in [0.2, 0.25) is 0 Å². The largest absolute Gasteiger partial charge is 0.497 e. The van der Waals surface area contributed by atoms with Crippen molar-refractivity contribution in [2.24, 2.45) is 0 Å². The number of nitrogens with one attached hydrogen (secondary N) is 1. The highest BCUT2D eigenvalue weighted by Gasteiger charge is 2.20. The third-order valence-corrected chi connectivity index (χ3v) is 4.50. The third-order valence-electron chi connectivity index (χ3n) is 4.50. The normalized spacial score (nSPS) is 10.1. The van der Waals surface area contributed by atoms with E-state index in [0.717, 1.165) is 41.2 Å². The maximum atomic E-state index is 12.0. The molecule has 0 spiro atoms. The van der Waals surface area contributed by atoms with E-state index < -0.39 is 11.9 Å². The van der Waals surface area contributed by atoms with E-state index in [0.29, 0.717) is 0 Å². The number of esters is 2. The van der Waals surface area contributed by atoms with Gasteiger partial charge in [0.05, 0.1) is 27.4 Å². The summed E-state index contributed by atoms with van der Waals surface area (Å²) in [5.41, 5.74) is 2.75. The summed E-state index contributed by atoms with van der Waals surface area (Å²) >= 11 is 0. The highest BCUT2D eigenvalue weighted by atomic mass is 16.6. The fraction of sp³-hybridized carbons (Fsp3) is 0.333. The van der Waals surface area contributed by atoms with Gasteiger partial charge in [-0.3, -0.25) is 0 Å². The van der Waals surface area contributed by atoms with Crippen molar-refractivity contribution in [3.63, 3.8) is 0 Å². The molecule has 0 amide bonds. The monoisotopic (exact) mass is 427 g/mol. The molecule has 0 radical (unpaired) electrons. The third kappa shape index (κ3) is 7.06. The van der Waals surface area contributed by atoms with Gasteiger partial charge in [-0.05, 0) is 68.1 Å². The lowest BCUT2D eigenvalue weighted by Crippen LogP contribution is -2.19. The van der Waals surface area contributed by atoms with Crippen molar-refractivity contribution in [2.45, 2.75) is 26.7 Å². The van der Waals surface area contributed by atoms with Gasteiger partial charge < -0.3 is 24.3 Å². The van der Waals surface area contributed by atoms with Crippen LogP contribution in [-0.4, -0.2) is 39.4 Å². The molecular formula is C24H29NO6. The van der Waals surface area contributed by atoms with Gasteiger partial charge in [0.25, 0.3) is 0 Å². The van der Waals surface area contributed by atoms with Gasteiger partial charge in [0.1, 0.15) is 11.5 Å². The highest BCUT2D eigenvalue weighted by Crippen LogP contribution is 2.25. The Labute approximate surface area is 183 Å². The van der Waals surface area contributed by atoms with Gasteiger partial charge in [-0.1, -0.05) is 12.1 Å². The molecule has 1 N–H and O–H groups in total. The van der Waals surface area contributed by atoms with E-state index in [1.54, 1.807) is 28.1 Å². The van der Waals surface area contributed by atoms with Crippen LogP contribution < -0.4 is 14.8 Å². The molecule has 2 rings (SSSR count). The molecule has 166 valence electrons. The van der Waals surface area contributed by atoms with E-state index in [-0.39, 0.29) is 18.8 Å². The molecule has 0 bridgehead atoms. The van der Waals surface area contributed by atoms with Gasteiger partial charge in [0.2, 0.25) is 0 Å². The number of benzene rings is 2. The number of carbonyl (C=O) groups is 2. The molecule has 7 heteroatoms. The Kier molecular flexibility index (Phi) is 9.42. The Hall–Kier alpha value is -3.48. The van der Waals surface area contributed by atoms with Crippen LogP contribution in [0.4, 0.5) is 5.69 Å². The number of methoxy groups -OCH3 is 2. The van der Waals surface area contributed by atoms with E-state index in [9.17, 15) is 9.59 Å². The molecule has 0 saturated carbocycles.